The van der Waals surface area contributed by atoms with Gasteiger partial charge in [0.2, 0.25) is 21.8 Å². The third kappa shape index (κ3) is 8.40. The van der Waals surface area contributed by atoms with Gasteiger partial charge in [0.25, 0.3) is 0 Å². The lowest BCUT2D eigenvalue weighted by atomic mass is 10.1. The van der Waals surface area contributed by atoms with E-state index >= 15 is 0 Å². The van der Waals surface area contributed by atoms with Crippen molar-refractivity contribution in [2.24, 2.45) is 0 Å². The van der Waals surface area contributed by atoms with E-state index in [9.17, 15) is 18.0 Å². The molecule has 2 rings (SSSR count). The summed E-state index contributed by atoms with van der Waals surface area (Å²) in [7, 11) is -3.54. The van der Waals surface area contributed by atoms with Crippen molar-refractivity contribution < 1.29 is 18.0 Å². The third-order valence-electron chi connectivity index (χ3n) is 5.47. The number of rotatable bonds is 11. The summed E-state index contributed by atoms with van der Waals surface area (Å²) in [5.41, 5.74) is 2.14. The van der Waals surface area contributed by atoms with Gasteiger partial charge in [0.1, 0.15) is 6.04 Å². The molecular weight excluding hydrogens is 509 g/mol. The van der Waals surface area contributed by atoms with Crippen molar-refractivity contribution in [3.05, 3.63) is 63.6 Å². The molecule has 35 heavy (non-hydrogen) atoms. The Morgan fingerprint density at radius 2 is 1.69 bits per heavy atom. The first-order valence-electron chi connectivity index (χ1n) is 11.4. The molecule has 1 N–H and O–H groups in total. The van der Waals surface area contributed by atoms with Crippen LogP contribution < -0.4 is 9.62 Å². The molecule has 0 radical (unpaired) electrons. The molecule has 0 aliphatic rings. The minimum Gasteiger partial charge on any atom is -0.352 e. The molecule has 0 aliphatic carbocycles. The lowest BCUT2D eigenvalue weighted by Crippen LogP contribution is -2.49. The van der Waals surface area contributed by atoms with Gasteiger partial charge >= 0.3 is 0 Å². The van der Waals surface area contributed by atoms with Gasteiger partial charge < -0.3 is 10.2 Å². The number of nitrogens with zero attached hydrogens (tertiary/aromatic N) is 2. The van der Waals surface area contributed by atoms with Crippen LogP contribution in [0.1, 0.15) is 44.7 Å². The maximum absolute atomic E-state index is 13.3. The van der Waals surface area contributed by atoms with E-state index in [4.69, 9.17) is 23.2 Å². The highest BCUT2D eigenvalue weighted by Crippen LogP contribution is 2.25. The number of sulfonamides is 1. The Bertz CT molecular complexity index is 1160. The van der Waals surface area contributed by atoms with E-state index in [1.165, 1.54) is 9.21 Å². The van der Waals surface area contributed by atoms with Crippen LogP contribution >= 0.6 is 23.2 Å². The van der Waals surface area contributed by atoms with Crippen molar-refractivity contribution in [3.63, 3.8) is 0 Å². The normalized spacial score (nSPS) is 12.3. The SMILES string of the molecule is Cc1ccccc1N(CCCC(=O)N(Cc1ccc(Cl)c(Cl)c1)[C@@H](C)C(=O)NC(C)C)S(C)(=O)=O. The van der Waals surface area contributed by atoms with Crippen LogP contribution in [0.3, 0.4) is 0 Å². The molecule has 0 spiro atoms. The Balaban J connectivity index is 2.20. The third-order valence-corrected chi connectivity index (χ3v) is 7.39. The smallest absolute Gasteiger partial charge is 0.242 e. The molecule has 7 nitrogen and oxygen atoms in total. The van der Waals surface area contributed by atoms with Crippen LogP contribution in [-0.4, -0.2) is 50.0 Å². The minimum atomic E-state index is -3.54. The molecule has 0 saturated heterocycles. The molecular formula is C25H33Cl2N3O4S. The van der Waals surface area contributed by atoms with Gasteiger partial charge in [-0.2, -0.15) is 0 Å². The molecule has 10 heteroatoms. The molecule has 2 aromatic carbocycles. The van der Waals surface area contributed by atoms with Crippen molar-refractivity contribution in [2.75, 3.05) is 17.1 Å². The van der Waals surface area contributed by atoms with Crippen molar-refractivity contribution in [1.82, 2.24) is 10.2 Å². The van der Waals surface area contributed by atoms with Gasteiger partial charge in [-0.1, -0.05) is 47.5 Å². The molecule has 0 fully saturated rings. The van der Waals surface area contributed by atoms with Gasteiger partial charge in [0, 0.05) is 25.6 Å². The first-order valence-corrected chi connectivity index (χ1v) is 14.0. The number of aryl methyl sites for hydroxylation is 1. The fourth-order valence-electron chi connectivity index (χ4n) is 3.65. The number of hydrogen-bond donors (Lipinski definition) is 1. The highest BCUT2D eigenvalue weighted by molar-refractivity contribution is 7.92. The van der Waals surface area contributed by atoms with Gasteiger partial charge in [0.05, 0.1) is 22.0 Å². The summed E-state index contributed by atoms with van der Waals surface area (Å²) < 4.78 is 26.2. The summed E-state index contributed by atoms with van der Waals surface area (Å²) in [4.78, 5) is 27.5. The zero-order valence-corrected chi connectivity index (χ0v) is 23.0. The second kappa shape index (κ2) is 12.6. The number of anilines is 1. The summed E-state index contributed by atoms with van der Waals surface area (Å²) in [6, 6.07) is 11.5. The van der Waals surface area contributed by atoms with E-state index in [1.54, 1.807) is 37.3 Å². The molecule has 0 unspecified atom stereocenters. The van der Waals surface area contributed by atoms with Crippen molar-refractivity contribution in [3.8, 4) is 0 Å². The molecule has 0 aliphatic heterocycles. The first-order chi connectivity index (χ1) is 16.3. The average molecular weight is 543 g/mol. The highest BCUT2D eigenvalue weighted by Gasteiger charge is 2.27. The molecule has 192 valence electrons. The summed E-state index contributed by atoms with van der Waals surface area (Å²) >= 11 is 12.2. The van der Waals surface area contributed by atoms with Crippen LogP contribution in [-0.2, 0) is 26.2 Å². The van der Waals surface area contributed by atoms with Crippen molar-refractivity contribution in [1.29, 1.82) is 0 Å². The van der Waals surface area contributed by atoms with Crippen molar-refractivity contribution in [2.45, 2.75) is 59.2 Å². The summed E-state index contributed by atoms with van der Waals surface area (Å²) in [5.74, 6) is -0.535. The highest BCUT2D eigenvalue weighted by atomic mass is 35.5. The number of carbonyl (C=O) groups is 2. The second-order valence-electron chi connectivity index (χ2n) is 8.83. The van der Waals surface area contributed by atoms with E-state index in [0.717, 1.165) is 17.4 Å². The second-order valence-corrected chi connectivity index (χ2v) is 11.6. The largest absolute Gasteiger partial charge is 0.352 e. The molecule has 0 saturated carbocycles. The summed E-state index contributed by atoms with van der Waals surface area (Å²) in [6.45, 7) is 7.51. The molecule has 0 aromatic heterocycles. The van der Waals surface area contributed by atoms with Crippen LogP contribution in [0.2, 0.25) is 10.0 Å². The minimum absolute atomic E-state index is 0.0680. The van der Waals surface area contributed by atoms with E-state index in [1.807, 2.05) is 32.9 Å². The summed E-state index contributed by atoms with van der Waals surface area (Å²) in [6.07, 6.45) is 1.51. The Hall–Kier alpha value is -2.29. The van der Waals surface area contributed by atoms with Crippen LogP contribution in [0.5, 0.6) is 0 Å². The number of benzene rings is 2. The fourth-order valence-corrected chi connectivity index (χ4v) is 4.99. The molecule has 2 aromatic rings. The van der Waals surface area contributed by atoms with E-state index in [2.05, 4.69) is 5.32 Å². The van der Waals surface area contributed by atoms with E-state index in [-0.39, 0.29) is 43.8 Å². The molecule has 0 bridgehead atoms. The van der Waals surface area contributed by atoms with Crippen LogP contribution in [0.25, 0.3) is 0 Å². The maximum Gasteiger partial charge on any atom is 0.242 e. The molecule has 1 atom stereocenters. The lowest BCUT2D eigenvalue weighted by molar-refractivity contribution is -0.140. The van der Waals surface area contributed by atoms with Crippen LogP contribution in [0, 0.1) is 6.92 Å². The Morgan fingerprint density at radius 1 is 1.03 bits per heavy atom. The first kappa shape index (κ1) is 28.9. The topological polar surface area (TPSA) is 86.8 Å². The van der Waals surface area contributed by atoms with E-state index in [0.29, 0.717) is 15.7 Å². The van der Waals surface area contributed by atoms with Gasteiger partial charge in [-0.3, -0.25) is 13.9 Å². The van der Waals surface area contributed by atoms with Gasteiger partial charge in [-0.25, -0.2) is 8.42 Å². The summed E-state index contributed by atoms with van der Waals surface area (Å²) in [5, 5.41) is 3.60. The number of carbonyl (C=O) groups excluding carboxylic acids is 2. The number of halogens is 2. The van der Waals surface area contributed by atoms with Gasteiger partial charge in [-0.15, -0.1) is 0 Å². The predicted octanol–water partition coefficient (Wildman–Crippen LogP) is 4.79. The quantitative estimate of drug-likeness (QED) is 0.443. The van der Waals surface area contributed by atoms with Gasteiger partial charge in [-0.05, 0) is 63.4 Å². The Labute approximate surface area is 218 Å². The molecule has 2 amide bonds. The fraction of sp³-hybridized carbons (Fsp3) is 0.440. The number of hydrogen-bond acceptors (Lipinski definition) is 4. The van der Waals surface area contributed by atoms with Crippen molar-refractivity contribution >= 4 is 50.7 Å². The van der Waals surface area contributed by atoms with E-state index < -0.39 is 16.1 Å². The maximum atomic E-state index is 13.3. The zero-order chi connectivity index (χ0) is 26.3. The number of amides is 2. The Morgan fingerprint density at radius 3 is 2.26 bits per heavy atom. The monoisotopic (exact) mass is 541 g/mol. The standard InChI is InChI=1S/C25H33Cl2N3O4S/c1-17(2)28-25(32)19(4)29(16-20-12-13-21(26)22(27)15-20)24(31)11-8-14-30(35(5,33)34)23-10-7-6-9-18(23)3/h6-7,9-10,12-13,15,17,19H,8,11,14,16H2,1-5H3,(H,28,32)/t19-/m0/s1. The Kier molecular flexibility index (Phi) is 10.4. The predicted molar refractivity (Wildman–Crippen MR) is 142 cm³/mol. The zero-order valence-electron chi connectivity index (χ0n) is 20.7. The van der Waals surface area contributed by atoms with Gasteiger partial charge in [0.15, 0.2) is 0 Å². The lowest BCUT2D eigenvalue weighted by Gasteiger charge is -2.30. The van der Waals surface area contributed by atoms with Crippen LogP contribution in [0.15, 0.2) is 42.5 Å². The average Bonchev–Trinajstić information content (AvgIpc) is 2.76. The molecule has 0 heterocycles. The number of para-hydroxylation sites is 1. The van der Waals surface area contributed by atoms with Crippen LogP contribution in [0.4, 0.5) is 5.69 Å². The number of nitrogens with one attached hydrogen (secondary N) is 1.